The second-order valence-electron chi connectivity index (χ2n) is 5.08. The van der Waals surface area contributed by atoms with Crippen molar-refractivity contribution < 1.29 is 14.6 Å². The first-order valence-electron chi connectivity index (χ1n) is 7.11. The topological polar surface area (TPSA) is 68.0 Å². The Morgan fingerprint density at radius 1 is 1.43 bits per heavy atom. The van der Waals surface area contributed by atoms with Crippen LogP contribution in [0.5, 0.6) is 5.75 Å². The van der Waals surface area contributed by atoms with E-state index in [1.165, 1.54) is 0 Å². The maximum Gasteiger partial charge on any atom is 0.119 e. The van der Waals surface area contributed by atoms with Crippen molar-refractivity contribution in [2.45, 2.75) is 12.5 Å². The van der Waals surface area contributed by atoms with Crippen molar-refractivity contribution in [3.63, 3.8) is 0 Å². The fraction of sp³-hybridized carbons (Fsp3) is 0.533. The first kappa shape index (κ1) is 16.2. The van der Waals surface area contributed by atoms with Crippen molar-refractivity contribution in [1.82, 2.24) is 4.90 Å². The summed E-state index contributed by atoms with van der Waals surface area (Å²) in [6, 6.07) is 7.88. The van der Waals surface area contributed by atoms with Crippen LogP contribution in [0.1, 0.15) is 5.56 Å². The van der Waals surface area contributed by atoms with Crippen molar-refractivity contribution in [2.75, 3.05) is 39.5 Å². The van der Waals surface area contributed by atoms with Gasteiger partial charge in [-0.3, -0.25) is 4.90 Å². The predicted octanol–water partition coefficient (Wildman–Crippen LogP) is 0.587. The lowest BCUT2D eigenvalue weighted by molar-refractivity contribution is -0.0312. The lowest BCUT2D eigenvalue weighted by Gasteiger charge is -2.34. The third-order valence-electron chi connectivity index (χ3n) is 3.51. The van der Waals surface area contributed by atoms with Gasteiger partial charge in [-0.1, -0.05) is 24.4 Å². The molecule has 5 nitrogen and oxygen atoms in total. The fourth-order valence-corrected chi connectivity index (χ4v) is 2.50. The Morgan fingerprint density at radius 2 is 2.19 bits per heavy atom. The van der Waals surface area contributed by atoms with E-state index >= 15 is 0 Å². The zero-order chi connectivity index (χ0) is 15.1. The molecule has 1 saturated heterocycles. The van der Waals surface area contributed by atoms with Gasteiger partial charge in [-0.2, -0.15) is 0 Å². The third-order valence-corrected chi connectivity index (χ3v) is 3.65. The largest absolute Gasteiger partial charge is 0.492 e. The number of ether oxygens (including phenoxy) is 2. The molecule has 3 N–H and O–H groups in total. The normalized spacial score (nSPS) is 19.4. The van der Waals surface area contributed by atoms with Gasteiger partial charge in [-0.15, -0.1) is 0 Å². The van der Waals surface area contributed by atoms with Crippen LogP contribution in [0.2, 0.25) is 0 Å². The molecule has 1 atom stereocenters. The molecule has 6 heteroatoms. The van der Waals surface area contributed by atoms with Crippen molar-refractivity contribution in [3.8, 4) is 5.75 Å². The van der Waals surface area contributed by atoms with Gasteiger partial charge in [-0.25, -0.2) is 0 Å². The summed E-state index contributed by atoms with van der Waals surface area (Å²) in [6.07, 6.45) is 0.613. The van der Waals surface area contributed by atoms with Crippen LogP contribution in [0, 0.1) is 0 Å². The zero-order valence-corrected chi connectivity index (χ0v) is 12.8. The summed E-state index contributed by atoms with van der Waals surface area (Å²) in [7, 11) is 0. The summed E-state index contributed by atoms with van der Waals surface area (Å²) in [4.78, 5) is 2.69. The van der Waals surface area contributed by atoms with Gasteiger partial charge in [0.2, 0.25) is 0 Å². The number of hydrogen-bond donors (Lipinski definition) is 2. The first-order chi connectivity index (χ1) is 10.2. The summed E-state index contributed by atoms with van der Waals surface area (Å²) < 4.78 is 11.1. The Bertz CT molecular complexity index is 453. The van der Waals surface area contributed by atoms with Gasteiger partial charge in [0.25, 0.3) is 0 Å². The molecule has 0 aliphatic carbocycles. The SMILES string of the molecule is NC(=S)Cc1ccc(OCCN2CCOCC2CO)cc1. The molecule has 0 radical (unpaired) electrons. The Balaban J connectivity index is 1.76. The third kappa shape index (κ3) is 5.24. The Hall–Kier alpha value is -1.21. The number of benzene rings is 1. The summed E-state index contributed by atoms with van der Waals surface area (Å²) in [6.45, 7) is 3.62. The van der Waals surface area contributed by atoms with Gasteiger partial charge in [0.15, 0.2) is 0 Å². The molecule has 1 aliphatic rings. The van der Waals surface area contributed by atoms with Gasteiger partial charge < -0.3 is 20.3 Å². The molecule has 1 aromatic carbocycles. The number of thiocarbonyl (C=S) groups is 1. The van der Waals surface area contributed by atoms with Crippen LogP contribution in [0.15, 0.2) is 24.3 Å². The van der Waals surface area contributed by atoms with Crippen LogP contribution in [0.4, 0.5) is 0 Å². The Kier molecular flexibility index (Phi) is 6.38. The molecular formula is C15H22N2O3S. The molecule has 2 rings (SSSR count). The lowest BCUT2D eigenvalue weighted by atomic mass is 10.1. The minimum atomic E-state index is 0.0790. The molecule has 1 unspecified atom stereocenters. The molecule has 116 valence electrons. The molecular weight excluding hydrogens is 288 g/mol. The second-order valence-corrected chi connectivity index (χ2v) is 5.61. The number of morpholine rings is 1. The number of nitrogens with two attached hydrogens (primary N) is 1. The van der Waals surface area contributed by atoms with Crippen LogP contribution in [0.25, 0.3) is 0 Å². The molecule has 0 aromatic heterocycles. The molecule has 0 spiro atoms. The van der Waals surface area contributed by atoms with Crippen molar-refractivity contribution in [2.24, 2.45) is 5.73 Å². The van der Waals surface area contributed by atoms with Crippen molar-refractivity contribution in [1.29, 1.82) is 0 Å². The van der Waals surface area contributed by atoms with E-state index in [0.29, 0.717) is 31.2 Å². The highest BCUT2D eigenvalue weighted by Gasteiger charge is 2.21. The monoisotopic (exact) mass is 310 g/mol. The first-order valence-corrected chi connectivity index (χ1v) is 7.52. The van der Waals surface area contributed by atoms with Crippen LogP contribution >= 0.6 is 12.2 Å². The van der Waals surface area contributed by atoms with E-state index in [9.17, 15) is 5.11 Å². The van der Waals surface area contributed by atoms with E-state index < -0.39 is 0 Å². The molecule has 1 heterocycles. The highest BCUT2D eigenvalue weighted by Crippen LogP contribution is 2.13. The highest BCUT2D eigenvalue weighted by molar-refractivity contribution is 7.80. The van der Waals surface area contributed by atoms with Gasteiger partial charge in [-0.05, 0) is 17.7 Å². The van der Waals surface area contributed by atoms with E-state index in [2.05, 4.69) is 4.90 Å². The minimum absolute atomic E-state index is 0.0790. The van der Waals surface area contributed by atoms with Gasteiger partial charge in [0.1, 0.15) is 12.4 Å². The second kappa shape index (κ2) is 8.29. The predicted molar refractivity (Wildman–Crippen MR) is 85.7 cm³/mol. The number of aliphatic hydroxyl groups is 1. The fourth-order valence-electron chi connectivity index (χ4n) is 2.34. The van der Waals surface area contributed by atoms with Crippen LogP contribution in [-0.4, -0.2) is 60.6 Å². The van der Waals surface area contributed by atoms with Crippen molar-refractivity contribution >= 4 is 17.2 Å². The average Bonchev–Trinajstić information content (AvgIpc) is 2.49. The summed E-state index contributed by atoms with van der Waals surface area (Å²) in [5.74, 6) is 0.829. The molecule has 21 heavy (non-hydrogen) atoms. The number of hydrogen-bond acceptors (Lipinski definition) is 5. The molecule has 1 aromatic rings. The molecule has 1 aliphatic heterocycles. The molecule has 0 bridgehead atoms. The summed E-state index contributed by atoms with van der Waals surface area (Å²) >= 11 is 4.89. The van der Waals surface area contributed by atoms with E-state index in [0.717, 1.165) is 24.4 Å². The van der Waals surface area contributed by atoms with Crippen LogP contribution in [-0.2, 0) is 11.2 Å². The highest BCUT2D eigenvalue weighted by atomic mass is 32.1. The van der Waals surface area contributed by atoms with Crippen LogP contribution < -0.4 is 10.5 Å². The Morgan fingerprint density at radius 3 is 2.86 bits per heavy atom. The number of aliphatic hydroxyl groups excluding tert-OH is 1. The lowest BCUT2D eigenvalue weighted by Crippen LogP contribution is -2.48. The standard InChI is InChI=1S/C15H22N2O3S/c16-15(21)9-12-1-3-14(4-2-12)20-8-6-17-5-7-19-11-13(17)10-18/h1-4,13,18H,5-11H2,(H2,16,21). The maximum absolute atomic E-state index is 9.30. The summed E-state index contributed by atoms with van der Waals surface area (Å²) in [5.41, 5.74) is 6.60. The van der Waals surface area contributed by atoms with Crippen LogP contribution in [0.3, 0.4) is 0 Å². The maximum atomic E-state index is 9.30. The average molecular weight is 310 g/mol. The van der Waals surface area contributed by atoms with E-state index in [-0.39, 0.29) is 12.6 Å². The molecule has 0 amide bonds. The van der Waals surface area contributed by atoms with E-state index in [4.69, 9.17) is 27.4 Å². The van der Waals surface area contributed by atoms with Gasteiger partial charge in [0.05, 0.1) is 30.9 Å². The molecule has 1 fully saturated rings. The quantitative estimate of drug-likeness (QED) is 0.719. The van der Waals surface area contributed by atoms with Crippen molar-refractivity contribution in [3.05, 3.63) is 29.8 Å². The Labute approximate surface area is 130 Å². The zero-order valence-electron chi connectivity index (χ0n) is 12.0. The smallest absolute Gasteiger partial charge is 0.119 e. The number of rotatable bonds is 7. The minimum Gasteiger partial charge on any atom is -0.492 e. The van der Waals surface area contributed by atoms with Gasteiger partial charge in [0, 0.05) is 19.5 Å². The van der Waals surface area contributed by atoms with E-state index in [1.807, 2.05) is 24.3 Å². The van der Waals surface area contributed by atoms with Gasteiger partial charge >= 0.3 is 0 Å². The molecule has 0 saturated carbocycles. The number of nitrogens with zero attached hydrogens (tertiary/aromatic N) is 1. The van der Waals surface area contributed by atoms with E-state index in [1.54, 1.807) is 0 Å². The summed E-state index contributed by atoms with van der Waals surface area (Å²) in [5, 5.41) is 9.30.